The molecule has 0 saturated carbocycles. The van der Waals surface area contributed by atoms with Gasteiger partial charge >= 0.3 is 5.97 Å². The number of hydrogen-bond acceptors (Lipinski definition) is 5. The van der Waals surface area contributed by atoms with Gasteiger partial charge in [0.15, 0.2) is 5.78 Å². The molecule has 0 spiro atoms. The molecule has 160 valence electrons. The Labute approximate surface area is 171 Å². The first-order valence-electron chi connectivity index (χ1n) is 9.09. The van der Waals surface area contributed by atoms with Crippen molar-refractivity contribution in [3.8, 4) is 0 Å². The van der Waals surface area contributed by atoms with E-state index >= 15 is 0 Å². The average Bonchev–Trinajstić information content (AvgIpc) is 2.66. The molecule has 0 heterocycles. The fourth-order valence-corrected chi connectivity index (χ4v) is 2.97. The van der Waals surface area contributed by atoms with Gasteiger partial charge in [-0.1, -0.05) is 18.2 Å². The highest BCUT2D eigenvalue weighted by molar-refractivity contribution is 6.11. The van der Waals surface area contributed by atoms with Crippen LogP contribution in [0.4, 0.5) is 13.2 Å². The van der Waals surface area contributed by atoms with Crippen LogP contribution in [-0.4, -0.2) is 30.3 Å². The first kappa shape index (κ1) is 23.1. The molecule has 0 aliphatic rings. The number of rotatable bonds is 8. The van der Waals surface area contributed by atoms with Gasteiger partial charge in [-0.3, -0.25) is 9.59 Å². The number of carbonyl (C=O) groups is 3. The zero-order valence-electron chi connectivity index (χ0n) is 16.4. The zero-order chi connectivity index (χ0) is 22.5. The maximum Gasteiger partial charge on any atom is 0.338 e. The molecule has 0 aliphatic carbocycles. The lowest BCUT2D eigenvalue weighted by atomic mass is 9.83. The number of nitrogens with one attached hydrogen (secondary N) is 1. The standard InChI is InChI=1S/C21H21F3N2O4/c1-3-30-20(29)21(25,16-6-4-5-7-17(16)24)19(28)12(2)26-18(27)10-13-8-14(22)11-15(23)9-13/h4-9,11-12H,3,10,25H2,1-2H3,(H,26,27)/t12-,21?/m0/s1. The van der Waals surface area contributed by atoms with Gasteiger partial charge in [0.1, 0.15) is 17.5 Å². The van der Waals surface area contributed by atoms with Gasteiger partial charge in [-0.15, -0.1) is 0 Å². The molecule has 9 heteroatoms. The number of Topliss-reactive ketones (excluding diaryl/α,β-unsaturated/α-hetero) is 1. The molecule has 2 aromatic carbocycles. The fraction of sp³-hybridized carbons (Fsp3) is 0.286. The Morgan fingerprint density at radius 1 is 1.10 bits per heavy atom. The molecule has 6 nitrogen and oxygen atoms in total. The van der Waals surface area contributed by atoms with Crippen molar-refractivity contribution in [1.29, 1.82) is 0 Å². The van der Waals surface area contributed by atoms with Gasteiger partial charge in [-0.05, 0) is 37.6 Å². The van der Waals surface area contributed by atoms with Gasteiger partial charge in [0.25, 0.3) is 0 Å². The summed E-state index contributed by atoms with van der Waals surface area (Å²) in [6, 6.07) is 6.24. The van der Waals surface area contributed by atoms with Crippen LogP contribution in [0.25, 0.3) is 0 Å². The van der Waals surface area contributed by atoms with Crippen LogP contribution in [0.15, 0.2) is 42.5 Å². The Morgan fingerprint density at radius 3 is 2.27 bits per heavy atom. The molecular formula is C21H21F3N2O4. The van der Waals surface area contributed by atoms with Crippen molar-refractivity contribution < 1.29 is 32.3 Å². The number of ketones is 1. The van der Waals surface area contributed by atoms with Crippen molar-refractivity contribution in [3.05, 3.63) is 71.0 Å². The Bertz CT molecular complexity index is 947. The number of hydrogen-bond donors (Lipinski definition) is 2. The molecule has 0 aliphatic heterocycles. The predicted molar refractivity (Wildman–Crippen MR) is 102 cm³/mol. The van der Waals surface area contributed by atoms with Gasteiger partial charge in [-0.2, -0.15) is 0 Å². The average molecular weight is 422 g/mol. The van der Waals surface area contributed by atoms with E-state index in [1.807, 2.05) is 0 Å². The summed E-state index contributed by atoms with van der Waals surface area (Å²) in [6.45, 7) is 2.65. The summed E-state index contributed by atoms with van der Waals surface area (Å²) >= 11 is 0. The lowest BCUT2D eigenvalue weighted by Gasteiger charge is -2.29. The number of esters is 1. The van der Waals surface area contributed by atoms with Crippen LogP contribution in [0, 0.1) is 17.5 Å². The summed E-state index contributed by atoms with van der Waals surface area (Å²) in [4.78, 5) is 37.7. The second-order valence-corrected chi connectivity index (χ2v) is 6.62. The van der Waals surface area contributed by atoms with Crippen molar-refractivity contribution in [2.75, 3.05) is 6.61 Å². The van der Waals surface area contributed by atoms with E-state index in [-0.39, 0.29) is 12.2 Å². The number of halogens is 3. The van der Waals surface area contributed by atoms with Crippen LogP contribution >= 0.6 is 0 Å². The van der Waals surface area contributed by atoms with E-state index in [2.05, 4.69) is 5.32 Å². The molecule has 0 bridgehead atoms. The van der Waals surface area contributed by atoms with E-state index in [9.17, 15) is 27.6 Å². The number of nitrogens with two attached hydrogens (primary N) is 1. The van der Waals surface area contributed by atoms with E-state index in [0.717, 1.165) is 18.2 Å². The summed E-state index contributed by atoms with van der Waals surface area (Å²) in [5.74, 6) is -5.54. The molecule has 0 radical (unpaired) electrons. The second kappa shape index (κ2) is 9.53. The zero-order valence-corrected chi connectivity index (χ0v) is 16.4. The third kappa shape index (κ3) is 5.04. The monoisotopic (exact) mass is 422 g/mol. The maximum atomic E-state index is 14.3. The molecular weight excluding hydrogens is 401 g/mol. The number of carbonyl (C=O) groups excluding carboxylic acids is 3. The number of ether oxygens (including phenoxy) is 1. The lowest BCUT2D eigenvalue weighted by molar-refractivity contribution is -0.155. The van der Waals surface area contributed by atoms with E-state index in [0.29, 0.717) is 6.07 Å². The normalized spacial score (nSPS) is 13.8. The lowest BCUT2D eigenvalue weighted by Crippen LogP contribution is -2.59. The van der Waals surface area contributed by atoms with Crippen LogP contribution < -0.4 is 11.1 Å². The number of amides is 1. The van der Waals surface area contributed by atoms with Crippen molar-refractivity contribution in [1.82, 2.24) is 5.32 Å². The van der Waals surface area contributed by atoms with E-state index in [4.69, 9.17) is 10.5 Å². The highest BCUT2D eigenvalue weighted by atomic mass is 19.1. The van der Waals surface area contributed by atoms with Gasteiger partial charge < -0.3 is 15.8 Å². The van der Waals surface area contributed by atoms with Crippen LogP contribution in [0.2, 0.25) is 0 Å². The molecule has 2 rings (SSSR count). The van der Waals surface area contributed by atoms with Crippen molar-refractivity contribution in [3.63, 3.8) is 0 Å². The molecule has 3 N–H and O–H groups in total. The van der Waals surface area contributed by atoms with Crippen molar-refractivity contribution in [2.45, 2.75) is 31.8 Å². The molecule has 1 amide bonds. The summed E-state index contributed by atoms with van der Waals surface area (Å²) < 4.78 is 45.8. The molecule has 1 unspecified atom stereocenters. The Hall–Kier alpha value is -3.20. The molecule has 0 aromatic heterocycles. The Morgan fingerprint density at radius 2 is 1.70 bits per heavy atom. The van der Waals surface area contributed by atoms with Crippen molar-refractivity contribution in [2.24, 2.45) is 5.73 Å². The highest BCUT2D eigenvalue weighted by Gasteiger charge is 2.49. The molecule has 0 fully saturated rings. The fourth-order valence-electron chi connectivity index (χ4n) is 2.97. The van der Waals surface area contributed by atoms with Crippen LogP contribution in [-0.2, 0) is 31.1 Å². The minimum absolute atomic E-state index is 0.0446. The molecule has 30 heavy (non-hydrogen) atoms. The smallest absolute Gasteiger partial charge is 0.338 e. The summed E-state index contributed by atoms with van der Waals surface area (Å²) in [5, 5.41) is 2.32. The third-order valence-electron chi connectivity index (χ3n) is 4.34. The predicted octanol–water partition coefficient (Wildman–Crippen LogP) is 2.14. The molecule has 2 atom stereocenters. The van der Waals surface area contributed by atoms with Gasteiger partial charge in [0.2, 0.25) is 11.4 Å². The van der Waals surface area contributed by atoms with Crippen LogP contribution in [0.1, 0.15) is 25.0 Å². The first-order valence-corrected chi connectivity index (χ1v) is 9.09. The summed E-state index contributed by atoms with van der Waals surface area (Å²) in [7, 11) is 0. The van der Waals surface area contributed by atoms with E-state index in [1.165, 1.54) is 32.0 Å². The van der Waals surface area contributed by atoms with Crippen LogP contribution in [0.5, 0.6) is 0 Å². The first-order chi connectivity index (χ1) is 14.1. The SMILES string of the molecule is CCOC(=O)C(N)(C(=O)[C@H](C)NC(=O)Cc1cc(F)cc(F)c1)c1ccccc1F. The van der Waals surface area contributed by atoms with Gasteiger partial charge in [-0.25, -0.2) is 18.0 Å². The third-order valence-corrected chi connectivity index (χ3v) is 4.34. The van der Waals surface area contributed by atoms with Crippen LogP contribution in [0.3, 0.4) is 0 Å². The van der Waals surface area contributed by atoms with Gasteiger partial charge in [0, 0.05) is 11.6 Å². The number of benzene rings is 2. The van der Waals surface area contributed by atoms with E-state index in [1.54, 1.807) is 0 Å². The summed E-state index contributed by atoms with van der Waals surface area (Å²) in [6.07, 6.45) is -0.428. The molecule has 0 saturated heterocycles. The quantitative estimate of drug-likeness (QED) is 0.502. The molecule has 2 aromatic rings. The maximum absolute atomic E-state index is 14.3. The minimum atomic E-state index is -2.50. The van der Waals surface area contributed by atoms with Crippen molar-refractivity contribution >= 4 is 17.7 Å². The highest BCUT2D eigenvalue weighted by Crippen LogP contribution is 2.26. The minimum Gasteiger partial charge on any atom is -0.464 e. The largest absolute Gasteiger partial charge is 0.464 e. The van der Waals surface area contributed by atoms with E-state index < -0.39 is 58.7 Å². The Balaban J connectivity index is 2.25. The van der Waals surface area contributed by atoms with Gasteiger partial charge in [0.05, 0.1) is 19.1 Å². The summed E-state index contributed by atoms with van der Waals surface area (Å²) in [5.41, 5.74) is 3.19. The second-order valence-electron chi connectivity index (χ2n) is 6.62. The Kier molecular flexibility index (Phi) is 7.33. The topological polar surface area (TPSA) is 98.5 Å².